The van der Waals surface area contributed by atoms with E-state index in [-0.39, 0.29) is 5.60 Å². The van der Waals surface area contributed by atoms with Crippen LogP contribution in [-0.2, 0) is 14.3 Å². The summed E-state index contributed by atoms with van der Waals surface area (Å²) in [5, 5.41) is 0. The van der Waals surface area contributed by atoms with Crippen molar-refractivity contribution >= 4 is 5.91 Å². The van der Waals surface area contributed by atoms with Crippen LogP contribution in [0.5, 0.6) is 0 Å². The van der Waals surface area contributed by atoms with Crippen molar-refractivity contribution in [3.05, 3.63) is 0 Å². The number of hydrogen-bond acceptors (Lipinski definition) is 4. The maximum Gasteiger partial charge on any atom is 0.222 e. The standard InChI is InChI=1S/C24H44N2O3/c1-23(2,3)26-16-18(17-26)8-7-9-22(27)25-12-10-19(11-13-25)28-20-14-21(15-20)29-24(4,5)6/h18-21H,7-17H2,1-6H3. The molecular formula is C24H44N2O3. The average Bonchev–Trinajstić information content (AvgIpc) is 2.53. The van der Waals surface area contributed by atoms with E-state index in [1.54, 1.807) is 0 Å². The number of hydrogen-bond donors (Lipinski definition) is 0. The highest BCUT2D eigenvalue weighted by molar-refractivity contribution is 5.76. The molecule has 1 saturated carbocycles. The molecule has 0 aromatic rings. The van der Waals surface area contributed by atoms with Crippen molar-refractivity contribution in [1.82, 2.24) is 9.80 Å². The largest absolute Gasteiger partial charge is 0.375 e. The molecule has 3 rings (SSSR count). The molecule has 0 unspecified atom stereocenters. The van der Waals surface area contributed by atoms with Gasteiger partial charge in [0, 0.05) is 38.1 Å². The molecule has 0 N–H and O–H groups in total. The summed E-state index contributed by atoms with van der Waals surface area (Å²) in [5.41, 5.74) is 0.227. The summed E-state index contributed by atoms with van der Waals surface area (Å²) in [7, 11) is 0. The molecular weight excluding hydrogens is 364 g/mol. The molecule has 2 saturated heterocycles. The Kier molecular flexibility index (Phi) is 7.33. The predicted octanol–water partition coefficient (Wildman–Crippen LogP) is 4.24. The first-order valence-electron chi connectivity index (χ1n) is 11.9. The Morgan fingerprint density at radius 1 is 0.931 bits per heavy atom. The zero-order valence-corrected chi connectivity index (χ0v) is 19.7. The van der Waals surface area contributed by atoms with E-state index >= 15 is 0 Å². The minimum absolute atomic E-state index is 0.0635. The number of nitrogens with zero attached hydrogens (tertiary/aromatic N) is 2. The fourth-order valence-corrected chi connectivity index (χ4v) is 4.74. The quantitative estimate of drug-likeness (QED) is 0.632. The van der Waals surface area contributed by atoms with Gasteiger partial charge in [0.2, 0.25) is 5.91 Å². The smallest absolute Gasteiger partial charge is 0.222 e. The molecule has 5 nitrogen and oxygen atoms in total. The molecule has 0 bridgehead atoms. The molecule has 0 radical (unpaired) electrons. The van der Waals surface area contributed by atoms with Gasteiger partial charge in [-0.25, -0.2) is 0 Å². The number of carbonyl (C=O) groups is 1. The van der Waals surface area contributed by atoms with Gasteiger partial charge in [0.15, 0.2) is 0 Å². The van der Waals surface area contributed by atoms with Crippen LogP contribution in [0.25, 0.3) is 0 Å². The Hall–Kier alpha value is -0.650. The Bertz CT molecular complexity index is 531. The van der Waals surface area contributed by atoms with Gasteiger partial charge in [-0.15, -0.1) is 0 Å². The number of likely N-dealkylation sites (tertiary alicyclic amines) is 2. The SMILES string of the molecule is CC(C)(C)OC1CC(OC2CCN(C(=O)CCCC3CN(C(C)(C)C)C3)CC2)C1. The molecule has 2 heterocycles. The highest BCUT2D eigenvalue weighted by atomic mass is 16.5. The zero-order chi connectivity index (χ0) is 21.2. The maximum absolute atomic E-state index is 12.5. The lowest BCUT2D eigenvalue weighted by molar-refractivity contribution is -0.168. The van der Waals surface area contributed by atoms with Crippen LogP contribution < -0.4 is 0 Å². The van der Waals surface area contributed by atoms with Crippen LogP contribution in [0.4, 0.5) is 0 Å². The van der Waals surface area contributed by atoms with E-state index in [4.69, 9.17) is 9.47 Å². The first-order valence-corrected chi connectivity index (χ1v) is 11.9. The molecule has 5 heteroatoms. The first kappa shape index (κ1) is 23.0. The Labute approximate surface area is 178 Å². The third kappa shape index (κ3) is 6.93. The molecule has 168 valence electrons. The van der Waals surface area contributed by atoms with Crippen LogP contribution in [0.3, 0.4) is 0 Å². The van der Waals surface area contributed by atoms with E-state index in [1.807, 2.05) is 0 Å². The second kappa shape index (κ2) is 9.23. The van der Waals surface area contributed by atoms with Crippen molar-refractivity contribution in [1.29, 1.82) is 0 Å². The summed E-state index contributed by atoms with van der Waals surface area (Å²) in [4.78, 5) is 17.1. The lowest BCUT2D eigenvalue weighted by Gasteiger charge is -2.48. The molecule has 0 atom stereocenters. The van der Waals surface area contributed by atoms with Crippen molar-refractivity contribution in [2.75, 3.05) is 26.2 Å². The molecule has 0 aromatic heterocycles. The van der Waals surface area contributed by atoms with Gasteiger partial charge in [0.25, 0.3) is 0 Å². The maximum atomic E-state index is 12.5. The summed E-state index contributed by atoms with van der Waals surface area (Å²) >= 11 is 0. The van der Waals surface area contributed by atoms with Gasteiger partial charge in [0.05, 0.1) is 23.9 Å². The molecule has 0 spiro atoms. The van der Waals surface area contributed by atoms with E-state index in [0.717, 1.165) is 51.1 Å². The van der Waals surface area contributed by atoms with Gasteiger partial charge in [-0.1, -0.05) is 0 Å². The molecule has 29 heavy (non-hydrogen) atoms. The fourth-order valence-electron chi connectivity index (χ4n) is 4.74. The van der Waals surface area contributed by atoms with Crippen molar-refractivity contribution in [2.45, 2.75) is 116 Å². The molecule has 1 aliphatic carbocycles. The van der Waals surface area contributed by atoms with E-state index in [2.05, 4.69) is 51.3 Å². The van der Waals surface area contributed by atoms with Crippen molar-refractivity contribution in [3.8, 4) is 0 Å². The van der Waals surface area contributed by atoms with Crippen LogP contribution in [0, 0.1) is 5.92 Å². The fraction of sp³-hybridized carbons (Fsp3) is 0.958. The summed E-state index contributed by atoms with van der Waals surface area (Å²) in [6.45, 7) is 17.3. The van der Waals surface area contributed by atoms with Crippen LogP contribution in [0.15, 0.2) is 0 Å². The second-order valence-corrected chi connectivity index (χ2v) is 11.5. The van der Waals surface area contributed by atoms with Crippen molar-refractivity contribution in [3.63, 3.8) is 0 Å². The summed E-state index contributed by atoms with van der Waals surface area (Å²) in [6.07, 6.45) is 7.97. The lowest BCUT2D eigenvalue weighted by atomic mass is 9.89. The molecule has 0 aromatic carbocycles. The van der Waals surface area contributed by atoms with Gasteiger partial charge in [0.1, 0.15) is 0 Å². The highest BCUT2D eigenvalue weighted by Gasteiger charge is 2.36. The predicted molar refractivity (Wildman–Crippen MR) is 117 cm³/mol. The van der Waals surface area contributed by atoms with E-state index < -0.39 is 0 Å². The second-order valence-electron chi connectivity index (χ2n) is 11.5. The Morgan fingerprint density at radius 3 is 2.10 bits per heavy atom. The van der Waals surface area contributed by atoms with Crippen molar-refractivity contribution < 1.29 is 14.3 Å². The van der Waals surface area contributed by atoms with Gasteiger partial charge in [-0.05, 0) is 86.0 Å². The zero-order valence-electron chi connectivity index (χ0n) is 19.7. The summed E-state index contributed by atoms with van der Waals surface area (Å²) < 4.78 is 12.2. The minimum atomic E-state index is -0.0635. The third-order valence-electron chi connectivity index (χ3n) is 6.66. The first-order chi connectivity index (χ1) is 13.5. The minimum Gasteiger partial charge on any atom is -0.375 e. The lowest BCUT2D eigenvalue weighted by Crippen LogP contribution is -2.55. The van der Waals surface area contributed by atoms with Crippen LogP contribution in [0.1, 0.15) is 86.5 Å². The Balaban J connectivity index is 1.23. The number of ether oxygens (including phenoxy) is 2. The number of carbonyl (C=O) groups excluding carboxylic acids is 1. The summed E-state index contributed by atoms with van der Waals surface area (Å²) in [6, 6.07) is 0. The number of rotatable bonds is 7. The number of amides is 1. The average molecular weight is 409 g/mol. The van der Waals surface area contributed by atoms with Crippen LogP contribution >= 0.6 is 0 Å². The van der Waals surface area contributed by atoms with Gasteiger partial charge in [-0.3, -0.25) is 9.69 Å². The highest BCUT2D eigenvalue weighted by Crippen LogP contribution is 2.32. The summed E-state index contributed by atoms with van der Waals surface area (Å²) in [5.74, 6) is 1.13. The molecule has 1 amide bonds. The van der Waals surface area contributed by atoms with Crippen LogP contribution in [0.2, 0.25) is 0 Å². The van der Waals surface area contributed by atoms with E-state index in [9.17, 15) is 4.79 Å². The third-order valence-corrected chi connectivity index (χ3v) is 6.66. The molecule has 2 aliphatic heterocycles. The van der Waals surface area contributed by atoms with Gasteiger partial charge in [-0.2, -0.15) is 0 Å². The Morgan fingerprint density at radius 2 is 1.55 bits per heavy atom. The van der Waals surface area contributed by atoms with E-state index in [1.165, 1.54) is 19.5 Å². The normalized spacial score (nSPS) is 27.6. The topological polar surface area (TPSA) is 42.0 Å². The van der Waals surface area contributed by atoms with Crippen LogP contribution in [-0.4, -0.2) is 71.3 Å². The van der Waals surface area contributed by atoms with Gasteiger partial charge < -0.3 is 14.4 Å². The monoisotopic (exact) mass is 408 g/mol. The van der Waals surface area contributed by atoms with Crippen molar-refractivity contribution in [2.24, 2.45) is 5.92 Å². The van der Waals surface area contributed by atoms with E-state index in [0.29, 0.717) is 36.2 Å². The molecule has 3 aliphatic rings. The van der Waals surface area contributed by atoms with Gasteiger partial charge >= 0.3 is 0 Å². The molecule has 3 fully saturated rings. The number of piperidine rings is 1.